The van der Waals surface area contributed by atoms with E-state index in [4.69, 9.17) is 11.1 Å². The number of nitrogens with zero attached hydrogens (tertiary/aromatic N) is 3. The van der Waals surface area contributed by atoms with E-state index >= 15 is 0 Å². The molecule has 0 aliphatic rings. The fourth-order valence-electron chi connectivity index (χ4n) is 3.16. The van der Waals surface area contributed by atoms with Crippen molar-refractivity contribution in [2.75, 3.05) is 23.7 Å². The summed E-state index contributed by atoms with van der Waals surface area (Å²) in [5.41, 5.74) is 1.88. The molecule has 0 aliphatic heterocycles. The van der Waals surface area contributed by atoms with Crippen molar-refractivity contribution in [2.24, 2.45) is 5.84 Å². The number of nitrogens with one attached hydrogen (secondary N) is 2. The highest BCUT2D eigenvalue weighted by atomic mass is 32.1. The lowest BCUT2D eigenvalue weighted by molar-refractivity contribution is 0.0873. The highest BCUT2D eigenvalue weighted by molar-refractivity contribution is 7.78. The number of amides is 3. The van der Waals surface area contributed by atoms with Gasteiger partial charge in [-0.25, -0.2) is 4.79 Å². The number of carbonyl (C=O) groups is 3. The van der Waals surface area contributed by atoms with Crippen molar-refractivity contribution in [3.05, 3.63) is 71.3 Å². The number of anilines is 2. The summed E-state index contributed by atoms with van der Waals surface area (Å²) in [6, 6.07) is 16.0. The van der Waals surface area contributed by atoms with Gasteiger partial charge in [0.05, 0.1) is 11.6 Å². The minimum atomic E-state index is -0.525. The normalized spacial score (nSPS) is 10.5. The lowest BCUT2D eigenvalue weighted by atomic mass is 9.98. The Balaban J connectivity index is 1.85. The molecule has 0 aromatic heterocycles. The maximum atomic E-state index is 12.9. The van der Waals surface area contributed by atoms with Crippen LogP contribution in [-0.2, 0) is 0 Å². The van der Waals surface area contributed by atoms with Crippen LogP contribution >= 0.6 is 25.6 Å². The number of urea groups is 1. The quantitative estimate of drug-likeness (QED) is 0.152. The zero-order chi connectivity index (χ0) is 24.0. The van der Waals surface area contributed by atoms with Gasteiger partial charge >= 0.3 is 6.03 Å². The number of benzene rings is 3. The lowest BCUT2D eigenvalue weighted by Gasteiger charge is -2.19. The largest absolute Gasteiger partial charge is 0.323 e. The molecule has 0 spiro atoms. The van der Waals surface area contributed by atoms with Crippen LogP contribution in [0.15, 0.2) is 54.6 Å². The summed E-state index contributed by atoms with van der Waals surface area (Å²) in [6.07, 6.45) is 0.626. The van der Waals surface area contributed by atoms with Gasteiger partial charge in [-0.3, -0.25) is 19.7 Å². The van der Waals surface area contributed by atoms with Crippen LogP contribution in [0.3, 0.4) is 0 Å². The van der Waals surface area contributed by atoms with Crippen LogP contribution in [-0.4, -0.2) is 40.0 Å². The predicted molar refractivity (Wildman–Crippen MR) is 133 cm³/mol. The Morgan fingerprint density at radius 2 is 1.73 bits per heavy atom. The van der Waals surface area contributed by atoms with Gasteiger partial charge in [0.15, 0.2) is 6.29 Å². The fraction of sp³-hybridized carbons (Fsp3) is 0.0909. The van der Waals surface area contributed by atoms with Gasteiger partial charge < -0.3 is 10.6 Å². The summed E-state index contributed by atoms with van der Waals surface area (Å²) >= 11 is 8.16. The molecule has 0 aliphatic carbocycles. The number of thiol groups is 2. The van der Waals surface area contributed by atoms with Gasteiger partial charge in [0.2, 0.25) is 0 Å². The van der Waals surface area contributed by atoms with Gasteiger partial charge in [-0.1, -0.05) is 37.8 Å². The van der Waals surface area contributed by atoms with E-state index in [-0.39, 0.29) is 18.7 Å². The van der Waals surface area contributed by atoms with Crippen molar-refractivity contribution >= 4 is 66.0 Å². The number of nitriles is 1. The lowest BCUT2D eigenvalue weighted by Crippen LogP contribution is -2.32. The summed E-state index contributed by atoms with van der Waals surface area (Å²) in [4.78, 5) is 37.1. The van der Waals surface area contributed by atoms with Gasteiger partial charge in [0.1, 0.15) is 0 Å². The topological polar surface area (TPSA) is 132 Å². The minimum Gasteiger partial charge on any atom is -0.308 e. The maximum absolute atomic E-state index is 12.9. The second-order valence-corrected chi connectivity index (χ2v) is 7.94. The summed E-state index contributed by atoms with van der Waals surface area (Å²) in [5, 5.41) is 15.2. The van der Waals surface area contributed by atoms with Crippen LogP contribution in [0.4, 0.5) is 16.2 Å². The van der Waals surface area contributed by atoms with Gasteiger partial charge in [-0.2, -0.15) is 9.68 Å². The number of fused-ring (bicyclic) bond motifs is 1. The van der Waals surface area contributed by atoms with Crippen molar-refractivity contribution in [3.63, 3.8) is 0 Å². The van der Waals surface area contributed by atoms with E-state index in [1.165, 1.54) is 10.4 Å². The average Bonchev–Trinajstić information content (AvgIpc) is 2.81. The molecule has 11 heteroatoms. The third-order valence-corrected chi connectivity index (χ3v) is 5.25. The second kappa shape index (κ2) is 10.8. The van der Waals surface area contributed by atoms with Crippen molar-refractivity contribution in [2.45, 2.75) is 0 Å². The second-order valence-electron chi connectivity index (χ2n) is 6.95. The molecule has 4 N–H and O–H groups in total. The molecule has 168 valence electrons. The van der Waals surface area contributed by atoms with Crippen molar-refractivity contribution in [1.29, 1.82) is 5.26 Å². The summed E-state index contributed by atoms with van der Waals surface area (Å²) < 4.78 is 2.33. The van der Waals surface area contributed by atoms with E-state index in [9.17, 15) is 14.4 Å². The number of hydrogen-bond donors (Lipinski definition) is 5. The van der Waals surface area contributed by atoms with Crippen LogP contribution < -0.4 is 16.5 Å². The standard InChI is InChI=1S/C22H20N6O3S2/c23-12-14-4-6-17(7-5-14)25-22(31)26-18-10-15-2-1-3-19(20(15)16(11-18)13-29)21(30)27(32)8-9-28(24)33/h1-7,10-11,13,32-33H,8-9,24H2,(H2,25,26,31). The molecular formula is C22H20N6O3S2. The van der Waals surface area contributed by atoms with Gasteiger partial charge in [-0.05, 0) is 47.9 Å². The molecule has 0 bridgehead atoms. The Kier molecular flexibility index (Phi) is 7.92. The van der Waals surface area contributed by atoms with Crippen molar-refractivity contribution in [1.82, 2.24) is 8.72 Å². The molecule has 3 amide bonds. The van der Waals surface area contributed by atoms with Crippen LogP contribution in [0.1, 0.15) is 26.3 Å². The Morgan fingerprint density at radius 1 is 1.03 bits per heavy atom. The van der Waals surface area contributed by atoms with Gasteiger partial charge in [-0.15, -0.1) is 0 Å². The fourth-order valence-corrected chi connectivity index (χ4v) is 3.45. The van der Waals surface area contributed by atoms with Crippen LogP contribution in [0.25, 0.3) is 10.8 Å². The van der Waals surface area contributed by atoms with Crippen molar-refractivity contribution in [3.8, 4) is 6.07 Å². The Hall–Kier alpha value is -3.56. The smallest absolute Gasteiger partial charge is 0.308 e. The molecule has 0 heterocycles. The number of rotatable bonds is 7. The highest BCUT2D eigenvalue weighted by Gasteiger charge is 2.19. The van der Waals surface area contributed by atoms with E-state index in [1.807, 2.05) is 6.07 Å². The van der Waals surface area contributed by atoms with E-state index in [0.717, 1.165) is 4.41 Å². The summed E-state index contributed by atoms with van der Waals surface area (Å²) in [5.74, 6) is 5.06. The van der Waals surface area contributed by atoms with Crippen LogP contribution in [0.5, 0.6) is 0 Å². The molecule has 0 atom stereocenters. The molecule has 0 radical (unpaired) electrons. The SMILES string of the molecule is N#Cc1ccc(NC(=O)Nc2cc(C=O)c3c(C(=O)N(S)CCN(N)S)cccc3c2)cc1. The first kappa shape index (κ1) is 24.1. The zero-order valence-electron chi connectivity index (χ0n) is 17.2. The Bertz CT molecular complexity index is 1240. The number of aldehydes is 1. The first-order valence-electron chi connectivity index (χ1n) is 9.64. The first-order chi connectivity index (χ1) is 15.8. The number of hydrazine groups is 1. The Morgan fingerprint density at radius 3 is 2.36 bits per heavy atom. The summed E-state index contributed by atoms with van der Waals surface area (Å²) in [6.45, 7) is 0.496. The van der Waals surface area contributed by atoms with E-state index < -0.39 is 11.9 Å². The van der Waals surface area contributed by atoms with Crippen LogP contribution in [0, 0.1) is 11.3 Å². The highest BCUT2D eigenvalue weighted by Crippen LogP contribution is 2.28. The van der Waals surface area contributed by atoms with Crippen molar-refractivity contribution < 1.29 is 14.4 Å². The molecule has 3 aromatic rings. The third-order valence-electron chi connectivity index (χ3n) is 4.67. The van der Waals surface area contributed by atoms with Gasteiger partial charge in [0.25, 0.3) is 5.91 Å². The molecule has 3 aromatic carbocycles. The molecule has 3 rings (SSSR count). The molecule has 0 fully saturated rings. The van der Waals surface area contributed by atoms with E-state index in [2.05, 4.69) is 36.3 Å². The van der Waals surface area contributed by atoms with E-state index in [0.29, 0.717) is 39.6 Å². The molecule has 0 saturated heterocycles. The molecule has 33 heavy (non-hydrogen) atoms. The maximum Gasteiger partial charge on any atom is 0.323 e. The third kappa shape index (κ3) is 6.03. The number of nitrogens with two attached hydrogens (primary N) is 1. The average molecular weight is 481 g/mol. The first-order valence-corrected chi connectivity index (χ1v) is 10.4. The molecular weight excluding hydrogens is 460 g/mol. The molecule has 0 unspecified atom stereocenters. The van der Waals surface area contributed by atoms with E-state index in [1.54, 1.807) is 48.5 Å². The Labute approximate surface area is 201 Å². The van der Waals surface area contributed by atoms with Crippen LogP contribution in [0.2, 0.25) is 0 Å². The predicted octanol–water partition coefficient (Wildman–Crippen LogP) is 3.48. The monoisotopic (exact) mass is 480 g/mol. The summed E-state index contributed by atoms with van der Waals surface area (Å²) in [7, 11) is 0. The number of hydrogen-bond acceptors (Lipinski definition) is 8. The van der Waals surface area contributed by atoms with Gasteiger partial charge in [0, 0.05) is 41.0 Å². The molecule has 9 nitrogen and oxygen atoms in total. The molecule has 0 saturated carbocycles. The zero-order valence-corrected chi connectivity index (χ0v) is 19.0. The minimum absolute atomic E-state index is 0.212. The number of carbonyl (C=O) groups excluding carboxylic acids is 3.